The molecular formula is C20H33N5O2. The molecule has 27 heavy (non-hydrogen) atoms. The summed E-state index contributed by atoms with van der Waals surface area (Å²) in [5.74, 6) is 1.53. The summed E-state index contributed by atoms with van der Waals surface area (Å²) in [4.78, 5) is 17.8. The maximum Gasteiger partial charge on any atom is 0.231 e. The average Bonchev–Trinajstić information content (AvgIpc) is 2.64. The van der Waals surface area contributed by atoms with Crippen LogP contribution in [0.2, 0.25) is 0 Å². The zero-order valence-corrected chi connectivity index (χ0v) is 16.5. The Balaban J connectivity index is 1.71. The van der Waals surface area contributed by atoms with Crippen molar-refractivity contribution in [1.82, 2.24) is 15.5 Å². The number of guanidine groups is 1. The molecule has 1 fully saturated rings. The normalized spacial score (nSPS) is 16.1. The average molecular weight is 376 g/mol. The molecule has 1 amide bonds. The Morgan fingerprint density at radius 3 is 2.74 bits per heavy atom. The van der Waals surface area contributed by atoms with E-state index in [9.17, 15) is 4.79 Å². The number of ether oxygens (including phenoxy) is 1. The van der Waals surface area contributed by atoms with Crippen molar-refractivity contribution in [3.63, 3.8) is 0 Å². The number of para-hydroxylation sites is 1. The van der Waals surface area contributed by atoms with Crippen molar-refractivity contribution in [2.24, 2.45) is 10.7 Å². The predicted molar refractivity (Wildman–Crippen MR) is 109 cm³/mol. The first kappa shape index (κ1) is 21.0. The second-order valence-electron chi connectivity index (χ2n) is 6.89. The molecule has 1 aliphatic rings. The number of benzene rings is 1. The Morgan fingerprint density at radius 2 is 2.07 bits per heavy atom. The van der Waals surface area contributed by atoms with Gasteiger partial charge in [0.25, 0.3) is 0 Å². The number of aryl methyl sites for hydroxylation is 1. The van der Waals surface area contributed by atoms with Crippen LogP contribution in [0.5, 0.6) is 5.75 Å². The van der Waals surface area contributed by atoms with Gasteiger partial charge in [-0.1, -0.05) is 18.2 Å². The summed E-state index contributed by atoms with van der Waals surface area (Å²) in [6.45, 7) is 8.41. The van der Waals surface area contributed by atoms with Gasteiger partial charge in [-0.2, -0.15) is 0 Å². The summed E-state index contributed by atoms with van der Waals surface area (Å²) in [5.41, 5.74) is 6.42. The zero-order valence-electron chi connectivity index (χ0n) is 16.5. The molecule has 0 aliphatic carbocycles. The highest BCUT2D eigenvalue weighted by Crippen LogP contribution is 2.16. The number of nitrogens with two attached hydrogens (primary N) is 1. The lowest BCUT2D eigenvalue weighted by molar-refractivity contribution is -0.119. The highest BCUT2D eigenvalue weighted by atomic mass is 16.5. The fraction of sp³-hybridized carbons (Fsp3) is 0.600. The van der Waals surface area contributed by atoms with Crippen LogP contribution in [-0.2, 0) is 4.79 Å². The van der Waals surface area contributed by atoms with E-state index in [1.807, 2.05) is 18.2 Å². The second kappa shape index (κ2) is 11.4. The van der Waals surface area contributed by atoms with Crippen LogP contribution < -0.4 is 21.1 Å². The molecule has 2 rings (SSSR count). The van der Waals surface area contributed by atoms with Crippen LogP contribution in [0.25, 0.3) is 0 Å². The first-order valence-electron chi connectivity index (χ1n) is 9.82. The van der Waals surface area contributed by atoms with Gasteiger partial charge in [0.15, 0.2) is 5.96 Å². The molecule has 1 aliphatic heterocycles. The molecule has 1 saturated heterocycles. The minimum absolute atomic E-state index is 0.260. The molecule has 1 aromatic rings. The molecule has 150 valence electrons. The van der Waals surface area contributed by atoms with Gasteiger partial charge in [0.1, 0.15) is 5.75 Å². The van der Waals surface area contributed by atoms with Crippen LogP contribution in [0.15, 0.2) is 29.3 Å². The van der Waals surface area contributed by atoms with Gasteiger partial charge in [0, 0.05) is 38.6 Å². The third kappa shape index (κ3) is 7.86. The van der Waals surface area contributed by atoms with Crippen molar-refractivity contribution in [2.45, 2.75) is 39.2 Å². The minimum Gasteiger partial charge on any atom is -0.493 e. The van der Waals surface area contributed by atoms with Gasteiger partial charge in [0.2, 0.25) is 5.91 Å². The number of likely N-dealkylation sites (tertiary alicyclic amines) is 1. The van der Waals surface area contributed by atoms with Crippen LogP contribution in [0.4, 0.5) is 0 Å². The number of primary amides is 1. The third-order valence-electron chi connectivity index (χ3n) is 4.58. The number of amides is 1. The molecule has 1 heterocycles. The lowest BCUT2D eigenvalue weighted by Crippen LogP contribution is -2.49. The molecule has 0 radical (unpaired) electrons. The monoisotopic (exact) mass is 375 g/mol. The lowest BCUT2D eigenvalue weighted by atomic mass is 10.1. The Hall–Kier alpha value is -2.28. The van der Waals surface area contributed by atoms with E-state index in [0.29, 0.717) is 25.7 Å². The van der Waals surface area contributed by atoms with Gasteiger partial charge in [-0.25, -0.2) is 0 Å². The number of hydrogen-bond acceptors (Lipinski definition) is 4. The quantitative estimate of drug-likeness (QED) is 0.343. The van der Waals surface area contributed by atoms with E-state index in [0.717, 1.165) is 56.2 Å². The SMILES string of the molecule is CCNC(=NCCCOc1ccccc1C)NC1CCN(CC(N)=O)CC1. The van der Waals surface area contributed by atoms with Crippen molar-refractivity contribution >= 4 is 11.9 Å². The smallest absolute Gasteiger partial charge is 0.231 e. The molecular weight excluding hydrogens is 342 g/mol. The Bertz CT molecular complexity index is 612. The first-order valence-corrected chi connectivity index (χ1v) is 9.82. The Kier molecular flexibility index (Phi) is 8.91. The number of hydrogen-bond donors (Lipinski definition) is 3. The largest absolute Gasteiger partial charge is 0.493 e. The molecule has 0 unspecified atom stereocenters. The van der Waals surface area contributed by atoms with Crippen LogP contribution in [0.1, 0.15) is 31.7 Å². The number of rotatable bonds is 9. The highest BCUT2D eigenvalue weighted by Gasteiger charge is 2.20. The number of carbonyl (C=O) groups is 1. The topological polar surface area (TPSA) is 92.0 Å². The molecule has 7 nitrogen and oxygen atoms in total. The molecule has 7 heteroatoms. The molecule has 0 spiro atoms. The van der Waals surface area contributed by atoms with E-state index in [4.69, 9.17) is 10.5 Å². The molecule has 0 atom stereocenters. The summed E-state index contributed by atoms with van der Waals surface area (Å²) in [5, 5.41) is 6.81. The van der Waals surface area contributed by atoms with Gasteiger partial charge in [-0.15, -0.1) is 0 Å². The van der Waals surface area contributed by atoms with Gasteiger partial charge in [-0.3, -0.25) is 14.7 Å². The van der Waals surface area contributed by atoms with Gasteiger partial charge in [0.05, 0.1) is 13.2 Å². The van der Waals surface area contributed by atoms with Crippen LogP contribution in [-0.4, -0.2) is 62.1 Å². The van der Waals surface area contributed by atoms with Crippen LogP contribution >= 0.6 is 0 Å². The number of piperidine rings is 1. The number of nitrogens with one attached hydrogen (secondary N) is 2. The first-order chi connectivity index (χ1) is 13.1. The van der Waals surface area contributed by atoms with E-state index < -0.39 is 0 Å². The molecule has 0 saturated carbocycles. The molecule has 1 aromatic carbocycles. The third-order valence-corrected chi connectivity index (χ3v) is 4.58. The highest BCUT2D eigenvalue weighted by molar-refractivity contribution is 5.80. The van der Waals surface area contributed by atoms with E-state index in [1.54, 1.807) is 0 Å². The predicted octanol–water partition coefficient (Wildman–Crippen LogP) is 1.27. The van der Waals surface area contributed by atoms with Gasteiger partial charge in [-0.05, 0) is 38.3 Å². The van der Waals surface area contributed by atoms with E-state index >= 15 is 0 Å². The summed E-state index contributed by atoms with van der Waals surface area (Å²) in [6.07, 6.45) is 2.82. The molecule has 0 aromatic heterocycles. The van der Waals surface area contributed by atoms with Crippen molar-refractivity contribution in [1.29, 1.82) is 0 Å². The number of carbonyl (C=O) groups excluding carboxylic acids is 1. The van der Waals surface area contributed by atoms with Crippen molar-refractivity contribution < 1.29 is 9.53 Å². The summed E-state index contributed by atoms with van der Waals surface area (Å²) < 4.78 is 5.82. The summed E-state index contributed by atoms with van der Waals surface area (Å²) >= 11 is 0. The molecule has 4 N–H and O–H groups in total. The minimum atomic E-state index is -0.260. The van der Waals surface area contributed by atoms with Crippen molar-refractivity contribution in [3.05, 3.63) is 29.8 Å². The fourth-order valence-corrected chi connectivity index (χ4v) is 3.13. The Morgan fingerprint density at radius 1 is 1.33 bits per heavy atom. The lowest BCUT2D eigenvalue weighted by Gasteiger charge is -2.32. The maximum absolute atomic E-state index is 11.0. The standard InChI is InChI=1S/C20H33N5O2/c1-3-22-20(24-17-9-12-25(13-10-17)15-19(21)26)23-11-6-14-27-18-8-5-4-7-16(18)2/h4-5,7-8,17H,3,6,9-15H2,1-2H3,(H2,21,26)(H2,22,23,24). The maximum atomic E-state index is 11.0. The Labute approximate surface area is 162 Å². The summed E-state index contributed by atoms with van der Waals surface area (Å²) in [6, 6.07) is 8.42. The van der Waals surface area contributed by atoms with Crippen molar-refractivity contribution in [2.75, 3.05) is 39.3 Å². The summed E-state index contributed by atoms with van der Waals surface area (Å²) in [7, 11) is 0. The van der Waals surface area contributed by atoms with Crippen LogP contribution in [0.3, 0.4) is 0 Å². The fourth-order valence-electron chi connectivity index (χ4n) is 3.13. The van der Waals surface area contributed by atoms with E-state index in [2.05, 4.69) is 40.4 Å². The number of aliphatic imine (C=N–C) groups is 1. The second-order valence-corrected chi connectivity index (χ2v) is 6.89. The van der Waals surface area contributed by atoms with Gasteiger partial charge >= 0.3 is 0 Å². The van der Waals surface area contributed by atoms with Crippen LogP contribution in [0, 0.1) is 6.92 Å². The molecule has 0 bridgehead atoms. The van der Waals surface area contributed by atoms with Gasteiger partial charge < -0.3 is 21.1 Å². The van der Waals surface area contributed by atoms with Crippen molar-refractivity contribution in [3.8, 4) is 5.75 Å². The van der Waals surface area contributed by atoms with E-state index in [1.165, 1.54) is 0 Å². The van der Waals surface area contributed by atoms with E-state index in [-0.39, 0.29) is 5.91 Å². The number of nitrogens with zero attached hydrogens (tertiary/aromatic N) is 2. The zero-order chi connectivity index (χ0) is 19.5.